The number of carbonyl (C=O) groups excluding carboxylic acids is 1. The van der Waals surface area contributed by atoms with Gasteiger partial charge in [0.05, 0.1) is 17.3 Å². The Bertz CT molecular complexity index is 748. The standard InChI is InChI=1S/C22H27ClN2O/c1-15-11-16(2)22(20(23)12-15)24-21(26)14-25(17(3)19-9-10-19)13-18-7-5-4-6-8-18/h4-8,11-12,17,19H,9-10,13-14H2,1-3H3,(H,24,26). The molecule has 4 heteroatoms. The van der Waals surface area contributed by atoms with E-state index in [-0.39, 0.29) is 5.91 Å². The summed E-state index contributed by atoms with van der Waals surface area (Å²) in [5.41, 5.74) is 4.05. The van der Waals surface area contributed by atoms with Crippen molar-refractivity contribution in [2.24, 2.45) is 5.92 Å². The summed E-state index contributed by atoms with van der Waals surface area (Å²) < 4.78 is 0. The van der Waals surface area contributed by atoms with Gasteiger partial charge in [0, 0.05) is 12.6 Å². The van der Waals surface area contributed by atoms with Crippen molar-refractivity contribution < 1.29 is 4.79 Å². The molecule has 3 rings (SSSR count). The van der Waals surface area contributed by atoms with Gasteiger partial charge in [-0.3, -0.25) is 9.69 Å². The molecular weight excluding hydrogens is 344 g/mol. The molecule has 1 aliphatic carbocycles. The van der Waals surface area contributed by atoms with Crippen molar-refractivity contribution >= 4 is 23.2 Å². The number of benzene rings is 2. The lowest BCUT2D eigenvalue weighted by molar-refractivity contribution is -0.118. The molecule has 26 heavy (non-hydrogen) atoms. The van der Waals surface area contributed by atoms with Gasteiger partial charge < -0.3 is 5.32 Å². The average Bonchev–Trinajstić information content (AvgIpc) is 3.43. The van der Waals surface area contributed by atoms with E-state index >= 15 is 0 Å². The molecule has 0 saturated heterocycles. The van der Waals surface area contributed by atoms with Crippen molar-refractivity contribution in [3.05, 3.63) is 64.2 Å². The summed E-state index contributed by atoms with van der Waals surface area (Å²) in [6.45, 7) is 7.37. The fourth-order valence-electron chi connectivity index (χ4n) is 3.48. The second-order valence-corrected chi connectivity index (χ2v) is 7.86. The Balaban J connectivity index is 1.71. The molecule has 0 spiro atoms. The lowest BCUT2D eigenvalue weighted by Gasteiger charge is -2.29. The van der Waals surface area contributed by atoms with Crippen LogP contribution in [0, 0.1) is 19.8 Å². The fourth-order valence-corrected chi connectivity index (χ4v) is 3.84. The van der Waals surface area contributed by atoms with Crippen LogP contribution in [0.4, 0.5) is 5.69 Å². The molecule has 1 amide bonds. The molecule has 3 nitrogen and oxygen atoms in total. The molecule has 1 aliphatic rings. The van der Waals surface area contributed by atoms with Crippen molar-refractivity contribution in [1.29, 1.82) is 0 Å². The second-order valence-electron chi connectivity index (χ2n) is 7.46. The van der Waals surface area contributed by atoms with E-state index in [4.69, 9.17) is 11.6 Å². The van der Waals surface area contributed by atoms with Crippen molar-refractivity contribution in [2.75, 3.05) is 11.9 Å². The number of anilines is 1. The van der Waals surface area contributed by atoms with Crippen LogP contribution in [0.2, 0.25) is 5.02 Å². The average molecular weight is 371 g/mol. The largest absolute Gasteiger partial charge is 0.323 e. The van der Waals surface area contributed by atoms with E-state index in [1.54, 1.807) is 0 Å². The highest BCUT2D eigenvalue weighted by Crippen LogP contribution is 2.35. The summed E-state index contributed by atoms with van der Waals surface area (Å²) in [6, 6.07) is 14.7. The number of hydrogen-bond acceptors (Lipinski definition) is 2. The molecule has 1 unspecified atom stereocenters. The van der Waals surface area contributed by atoms with E-state index in [9.17, 15) is 4.79 Å². The van der Waals surface area contributed by atoms with Crippen molar-refractivity contribution in [1.82, 2.24) is 4.90 Å². The maximum atomic E-state index is 12.7. The van der Waals surface area contributed by atoms with E-state index in [2.05, 4.69) is 29.3 Å². The van der Waals surface area contributed by atoms with Gasteiger partial charge >= 0.3 is 0 Å². The zero-order valence-corrected chi connectivity index (χ0v) is 16.5. The predicted octanol–water partition coefficient (Wildman–Crippen LogP) is 5.20. The number of halogens is 1. The highest BCUT2D eigenvalue weighted by atomic mass is 35.5. The van der Waals surface area contributed by atoms with E-state index in [0.717, 1.165) is 23.4 Å². The van der Waals surface area contributed by atoms with Gasteiger partial charge in [-0.1, -0.05) is 48.0 Å². The van der Waals surface area contributed by atoms with Gasteiger partial charge in [-0.25, -0.2) is 0 Å². The summed E-state index contributed by atoms with van der Waals surface area (Å²) in [4.78, 5) is 15.0. The van der Waals surface area contributed by atoms with Crippen LogP contribution in [0.25, 0.3) is 0 Å². The molecular formula is C22H27ClN2O. The lowest BCUT2D eigenvalue weighted by Crippen LogP contribution is -2.40. The summed E-state index contributed by atoms with van der Waals surface area (Å²) in [5, 5.41) is 3.62. The molecule has 2 aromatic rings. The van der Waals surface area contributed by atoms with Gasteiger partial charge in [0.15, 0.2) is 0 Å². The van der Waals surface area contributed by atoms with Gasteiger partial charge in [0.1, 0.15) is 0 Å². The highest BCUT2D eigenvalue weighted by Gasteiger charge is 2.32. The Kier molecular flexibility index (Phi) is 6.00. The third-order valence-electron chi connectivity index (χ3n) is 5.15. The van der Waals surface area contributed by atoms with Gasteiger partial charge in [0.25, 0.3) is 0 Å². The first-order chi connectivity index (χ1) is 12.4. The molecule has 138 valence electrons. The molecule has 1 atom stereocenters. The van der Waals surface area contributed by atoms with E-state index in [1.807, 2.05) is 44.2 Å². The van der Waals surface area contributed by atoms with Crippen molar-refractivity contribution in [2.45, 2.75) is 46.2 Å². The number of nitrogens with zero attached hydrogens (tertiary/aromatic N) is 1. The third-order valence-corrected chi connectivity index (χ3v) is 5.45. The minimum Gasteiger partial charge on any atom is -0.323 e. The van der Waals surface area contributed by atoms with Crippen LogP contribution in [-0.4, -0.2) is 23.4 Å². The normalized spacial score (nSPS) is 15.1. The molecule has 2 aromatic carbocycles. The minimum absolute atomic E-state index is 0.0118. The second kappa shape index (κ2) is 8.24. The number of rotatable bonds is 7. The predicted molar refractivity (Wildman–Crippen MR) is 109 cm³/mol. The maximum absolute atomic E-state index is 12.7. The van der Waals surface area contributed by atoms with Gasteiger partial charge in [-0.15, -0.1) is 0 Å². The Morgan fingerprint density at radius 1 is 1.23 bits per heavy atom. The number of amides is 1. The molecule has 1 fully saturated rings. The van der Waals surface area contributed by atoms with Crippen LogP contribution in [0.5, 0.6) is 0 Å². The minimum atomic E-state index is -0.0118. The number of aryl methyl sites for hydroxylation is 2. The summed E-state index contributed by atoms with van der Waals surface area (Å²) in [6.07, 6.45) is 2.52. The van der Waals surface area contributed by atoms with Gasteiger partial charge in [0.2, 0.25) is 5.91 Å². The molecule has 1 N–H and O–H groups in total. The Hall–Kier alpha value is -1.84. The number of nitrogens with one attached hydrogen (secondary N) is 1. The van der Waals surface area contributed by atoms with Crippen LogP contribution in [0.3, 0.4) is 0 Å². The Labute approximate surface area is 161 Å². The van der Waals surface area contributed by atoms with Crippen LogP contribution in [0.1, 0.15) is 36.5 Å². The van der Waals surface area contributed by atoms with E-state index in [0.29, 0.717) is 23.5 Å². The SMILES string of the molecule is Cc1cc(C)c(NC(=O)CN(Cc2ccccc2)C(C)C2CC2)c(Cl)c1. The molecule has 1 saturated carbocycles. The molecule has 0 bridgehead atoms. The van der Waals surface area contributed by atoms with Crippen LogP contribution in [-0.2, 0) is 11.3 Å². The van der Waals surface area contributed by atoms with E-state index < -0.39 is 0 Å². The first-order valence-electron chi connectivity index (χ1n) is 9.28. The number of hydrogen-bond donors (Lipinski definition) is 1. The highest BCUT2D eigenvalue weighted by molar-refractivity contribution is 6.34. The van der Waals surface area contributed by atoms with Crippen molar-refractivity contribution in [3.8, 4) is 0 Å². The maximum Gasteiger partial charge on any atom is 0.238 e. The van der Waals surface area contributed by atoms with Crippen LogP contribution >= 0.6 is 11.6 Å². The Morgan fingerprint density at radius 2 is 1.92 bits per heavy atom. The molecule has 0 heterocycles. The summed E-state index contributed by atoms with van der Waals surface area (Å²) in [7, 11) is 0. The quantitative estimate of drug-likeness (QED) is 0.726. The monoisotopic (exact) mass is 370 g/mol. The van der Waals surface area contributed by atoms with Gasteiger partial charge in [-0.05, 0) is 62.3 Å². The first kappa shape index (κ1) is 18.9. The van der Waals surface area contributed by atoms with Crippen molar-refractivity contribution in [3.63, 3.8) is 0 Å². The first-order valence-corrected chi connectivity index (χ1v) is 9.66. The number of carbonyl (C=O) groups is 1. The topological polar surface area (TPSA) is 32.3 Å². The van der Waals surface area contributed by atoms with E-state index in [1.165, 1.54) is 18.4 Å². The molecule has 0 radical (unpaired) electrons. The van der Waals surface area contributed by atoms with Crippen LogP contribution < -0.4 is 5.32 Å². The molecule has 0 aliphatic heterocycles. The summed E-state index contributed by atoms with van der Waals surface area (Å²) >= 11 is 6.34. The lowest BCUT2D eigenvalue weighted by atomic mass is 10.1. The Morgan fingerprint density at radius 3 is 2.54 bits per heavy atom. The zero-order valence-electron chi connectivity index (χ0n) is 15.8. The molecule has 0 aromatic heterocycles. The summed E-state index contributed by atoms with van der Waals surface area (Å²) in [5.74, 6) is 0.693. The fraction of sp³-hybridized carbons (Fsp3) is 0.409. The van der Waals surface area contributed by atoms with Gasteiger partial charge in [-0.2, -0.15) is 0 Å². The van der Waals surface area contributed by atoms with Crippen LogP contribution in [0.15, 0.2) is 42.5 Å². The third kappa shape index (κ3) is 4.87. The zero-order chi connectivity index (χ0) is 18.7. The smallest absolute Gasteiger partial charge is 0.238 e.